The van der Waals surface area contributed by atoms with Crippen LogP contribution in [-0.4, -0.2) is 34.9 Å². The van der Waals surface area contributed by atoms with E-state index in [0.29, 0.717) is 6.73 Å². The van der Waals surface area contributed by atoms with Crippen LogP contribution in [-0.2, 0) is 4.74 Å². The van der Waals surface area contributed by atoms with Crippen molar-refractivity contribution in [3.05, 3.63) is 71.5 Å². The number of hydrogen-bond donors (Lipinski definition) is 1. The van der Waals surface area contributed by atoms with Crippen LogP contribution in [0.25, 0.3) is 12.2 Å². The van der Waals surface area contributed by atoms with Crippen LogP contribution in [0.4, 0.5) is 11.5 Å². The van der Waals surface area contributed by atoms with Crippen molar-refractivity contribution < 1.29 is 14.6 Å². The number of carboxylic acid groups (broad SMARTS) is 1. The molecule has 0 saturated heterocycles. The monoisotopic (exact) mass is 391 g/mol. The van der Waals surface area contributed by atoms with Crippen molar-refractivity contribution in [2.45, 2.75) is 9.92 Å². The van der Waals surface area contributed by atoms with E-state index in [-0.39, 0.29) is 5.56 Å². The van der Waals surface area contributed by atoms with Gasteiger partial charge in [0.25, 0.3) is 0 Å². The van der Waals surface area contributed by atoms with Crippen molar-refractivity contribution in [3.63, 3.8) is 0 Å². The summed E-state index contributed by atoms with van der Waals surface area (Å²) in [5.41, 5.74) is 3.25. The molecule has 0 aliphatic carbocycles. The van der Waals surface area contributed by atoms with Gasteiger partial charge in [-0.1, -0.05) is 42.1 Å². The van der Waals surface area contributed by atoms with E-state index in [1.807, 2.05) is 23.1 Å². The van der Waals surface area contributed by atoms with Crippen LogP contribution in [0.5, 0.6) is 0 Å². The number of carboxylic acids is 1. The van der Waals surface area contributed by atoms with Crippen molar-refractivity contribution in [1.29, 1.82) is 0 Å². The van der Waals surface area contributed by atoms with Gasteiger partial charge in [0.2, 0.25) is 0 Å². The fraction of sp³-hybridized carbons (Fsp3) is 0.0952. The van der Waals surface area contributed by atoms with E-state index in [9.17, 15) is 4.79 Å². The molecule has 7 heteroatoms. The van der Waals surface area contributed by atoms with Gasteiger partial charge in [0.05, 0.1) is 11.3 Å². The largest absolute Gasteiger partial charge is 0.478 e. The quantitative estimate of drug-likeness (QED) is 0.639. The Labute approximate surface area is 166 Å². The number of aromatic carboxylic acids is 1. The lowest BCUT2D eigenvalue weighted by Crippen LogP contribution is -2.24. The summed E-state index contributed by atoms with van der Waals surface area (Å²) in [4.78, 5) is 22.9. The Kier molecular flexibility index (Phi) is 5.10. The maximum absolute atomic E-state index is 11.0. The number of hydrogen-bond acceptors (Lipinski definition) is 6. The van der Waals surface area contributed by atoms with E-state index < -0.39 is 5.97 Å². The van der Waals surface area contributed by atoms with Gasteiger partial charge in [0.15, 0.2) is 5.82 Å². The molecule has 28 heavy (non-hydrogen) atoms. The second-order valence-corrected chi connectivity index (χ2v) is 7.15. The predicted octanol–water partition coefficient (Wildman–Crippen LogP) is 4.55. The first-order valence-electron chi connectivity index (χ1n) is 8.56. The number of fused-ring (bicyclic) bond motifs is 2. The molecule has 0 fully saturated rings. The number of nitrogens with zero attached hydrogens (tertiary/aromatic N) is 3. The average molecular weight is 391 g/mol. The molecule has 0 bridgehead atoms. The molecule has 0 spiro atoms. The number of anilines is 2. The Morgan fingerprint density at radius 3 is 2.57 bits per heavy atom. The molecule has 140 valence electrons. The summed E-state index contributed by atoms with van der Waals surface area (Å²) in [6, 6.07) is 13.0. The van der Waals surface area contributed by atoms with Crippen LogP contribution in [0.3, 0.4) is 0 Å². The van der Waals surface area contributed by atoms with Crippen LogP contribution in [0.2, 0.25) is 0 Å². The van der Waals surface area contributed by atoms with Crippen molar-refractivity contribution in [1.82, 2.24) is 9.97 Å². The third-order valence-electron chi connectivity index (χ3n) is 4.27. The Morgan fingerprint density at radius 2 is 1.82 bits per heavy atom. The smallest absolute Gasteiger partial charge is 0.335 e. The molecule has 6 nitrogen and oxygen atoms in total. The number of carbonyl (C=O) groups is 1. The molecule has 0 atom stereocenters. The molecular formula is C21H17N3O3S. The van der Waals surface area contributed by atoms with E-state index in [4.69, 9.17) is 9.84 Å². The van der Waals surface area contributed by atoms with Gasteiger partial charge in [0.1, 0.15) is 11.8 Å². The second-order valence-electron chi connectivity index (χ2n) is 6.12. The van der Waals surface area contributed by atoms with Crippen molar-refractivity contribution in [3.8, 4) is 0 Å². The van der Waals surface area contributed by atoms with E-state index in [2.05, 4.69) is 22.1 Å². The van der Waals surface area contributed by atoms with Crippen LogP contribution in [0, 0.1) is 0 Å². The predicted molar refractivity (Wildman–Crippen MR) is 109 cm³/mol. The summed E-state index contributed by atoms with van der Waals surface area (Å²) < 4.78 is 5.38. The molecule has 1 aliphatic heterocycles. The molecule has 1 aliphatic rings. The molecule has 1 N–H and O–H groups in total. The average Bonchev–Trinajstić information content (AvgIpc) is 2.72. The first-order chi connectivity index (χ1) is 13.7. The summed E-state index contributed by atoms with van der Waals surface area (Å²) in [5, 5.41) is 9.85. The zero-order valence-electron chi connectivity index (χ0n) is 15.1. The summed E-state index contributed by atoms with van der Waals surface area (Å²) in [5.74, 6) is -0.142. The normalized spacial score (nSPS) is 12.7. The van der Waals surface area contributed by atoms with Crippen LogP contribution >= 0.6 is 11.8 Å². The van der Waals surface area contributed by atoms with Gasteiger partial charge in [-0.25, -0.2) is 14.8 Å². The van der Waals surface area contributed by atoms with Gasteiger partial charge in [0, 0.05) is 24.4 Å². The number of methoxy groups -OCH3 is 1. The molecule has 0 saturated carbocycles. The Hall–Kier alpha value is -3.16. The molecule has 0 amide bonds. The lowest BCUT2D eigenvalue weighted by Gasteiger charge is -2.30. The Morgan fingerprint density at radius 1 is 1.11 bits per heavy atom. The van der Waals surface area contributed by atoms with Gasteiger partial charge in [-0.3, -0.25) is 4.90 Å². The lowest BCUT2D eigenvalue weighted by atomic mass is 10.1. The van der Waals surface area contributed by atoms with Crippen LogP contribution in [0.15, 0.2) is 64.8 Å². The summed E-state index contributed by atoms with van der Waals surface area (Å²) >= 11 is 1.59. The van der Waals surface area contributed by atoms with Crippen LogP contribution < -0.4 is 4.90 Å². The SMILES string of the molecule is COCN1c2cc(/C=C/c3ccc(C(=O)O)cc3)ccc2Sc2nccnc21. The van der Waals surface area contributed by atoms with Gasteiger partial charge in [-0.15, -0.1) is 0 Å². The zero-order chi connectivity index (χ0) is 19.5. The summed E-state index contributed by atoms with van der Waals surface area (Å²) in [6.45, 7) is 0.378. The zero-order valence-corrected chi connectivity index (χ0v) is 15.9. The molecule has 1 aromatic heterocycles. The third kappa shape index (κ3) is 3.62. The number of rotatable bonds is 5. The highest BCUT2D eigenvalue weighted by Gasteiger charge is 2.25. The van der Waals surface area contributed by atoms with Gasteiger partial charge in [-0.2, -0.15) is 0 Å². The first-order valence-corrected chi connectivity index (χ1v) is 9.38. The van der Waals surface area contributed by atoms with Crippen molar-refractivity contribution >= 4 is 41.4 Å². The molecule has 2 aromatic carbocycles. The number of ether oxygens (including phenoxy) is 1. The van der Waals surface area contributed by atoms with Gasteiger partial charge >= 0.3 is 5.97 Å². The highest BCUT2D eigenvalue weighted by atomic mass is 32.2. The Balaban J connectivity index is 1.63. The number of benzene rings is 2. The summed E-state index contributed by atoms with van der Waals surface area (Å²) in [7, 11) is 1.65. The van der Waals surface area contributed by atoms with E-state index >= 15 is 0 Å². The maximum atomic E-state index is 11.0. The minimum atomic E-state index is -0.927. The topological polar surface area (TPSA) is 75.5 Å². The van der Waals surface area contributed by atoms with Crippen LogP contribution in [0.1, 0.15) is 21.5 Å². The maximum Gasteiger partial charge on any atom is 0.335 e. The fourth-order valence-electron chi connectivity index (χ4n) is 2.92. The van der Waals surface area contributed by atoms with E-state index in [0.717, 1.165) is 32.6 Å². The lowest BCUT2D eigenvalue weighted by molar-refractivity contribution is 0.0697. The standard InChI is InChI=1S/C21H17N3O3S/c1-27-13-24-17-12-15(3-2-14-4-7-16(8-5-14)21(25)26)6-9-18(17)28-20-19(24)22-10-11-23-20/h2-12H,13H2,1H3,(H,25,26)/b3-2+. The first kappa shape index (κ1) is 18.2. The molecule has 0 radical (unpaired) electrons. The minimum Gasteiger partial charge on any atom is -0.478 e. The molecular weight excluding hydrogens is 374 g/mol. The van der Waals surface area contributed by atoms with E-state index in [1.54, 1.807) is 55.5 Å². The third-order valence-corrected chi connectivity index (χ3v) is 5.31. The summed E-state index contributed by atoms with van der Waals surface area (Å²) in [6.07, 6.45) is 7.32. The molecule has 0 unspecified atom stereocenters. The number of aromatic nitrogens is 2. The van der Waals surface area contributed by atoms with Gasteiger partial charge < -0.3 is 9.84 Å². The fourth-order valence-corrected chi connectivity index (χ4v) is 3.90. The van der Waals surface area contributed by atoms with Crippen molar-refractivity contribution in [2.75, 3.05) is 18.7 Å². The van der Waals surface area contributed by atoms with E-state index in [1.165, 1.54) is 0 Å². The molecule has 3 aromatic rings. The molecule has 2 heterocycles. The second kappa shape index (κ2) is 7.84. The Bertz CT molecular complexity index is 1050. The highest BCUT2D eigenvalue weighted by Crippen LogP contribution is 2.46. The van der Waals surface area contributed by atoms with Gasteiger partial charge in [-0.05, 0) is 35.4 Å². The minimum absolute atomic E-state index is 0.276. The highest BCUT2D eigenvalue weighted by molar-refractivity contribution is 7.99. The van der Waals surface area contributed by atoms with Crippen molar-refractivity contribution in [2.24, 2.45) is 0 Å². The molecule has 4 rings (SSSR count).